The van der Waals surface area contributed by atoms with Crippen molar-refractivity contribution in [3.8, 4) is 11.1 Å². The van der Waals surface area contributed by atoms with Crippen molar-refractivity contribution in [3.05, 3.63) is 58.1 Å². The molecule has 0 radical (unpaired) electrons. The Labute approximate surface area is 108 Å². The largest absolute Gasteiger partial charge is 0.478 e. The van der Waals surface area contributed by atoms with E-state index in [0.717, 1.165) is 21.2 Å². The van der Waals surface area contributed by atoms with Gasteiger partial charge in [0.1, 0.15) is 0 Å². The standard InChI is InChI=1S/C14H11BrO2/c1-9-12(6-3-7-13(9)14(16)17)10-4-2-5-11(15)8-10/h2-8H,1H3,(H,16,17). The Hall–Kier alpha value is -1.61. The van der Waals surface area contributed by atoms with Gasteiger partial charge in [0.25, 0.3) is 0 Å². The molecule has 0 saturated carbocycles. The minimum absolute atomic E-state index is 0.350. The average molecular weight is 291 g/mol. The van der Waals surface area contributed by atoms with Crippen molar-refractivity contribution in [2.45, 2.75) is 6.92 Å². The fourth-order valence-corrected chi connectivity index (χ4v) is 2.24. The van der Waals surface area contributed by atoms with E-state index >= 15 is 0 Å². The predicted molar refractivity (Wildman–Crippen MR) is 71.3 cm³/mol. The SMILES string of the molecule is Cc1c(C(=O)O)cccc1-c1cccc(Br)c1. The Balaban J connectivity index is 2.60. The summed E-state index contributed by atoms with van der Waals surface area (Å²) in [5, 5.41) is 9.08. The van der Waals surface area contributed by atoms with Crippen LogP contribution in [0.15, 0.2) is 46.9 Å². The molecule has 0 unspecified atom stereocenters. The van der Waals surface area contributed by atoms with Crippen molar-refractivity contribution in [1.82, 2.24) is 0 Å². The zero-order valence-corrected chi connectivity index (χ0v) is 10.9. The summed E-state index contributed by atoms with van der Waals surface area (Å²) in [4.78, 5) is 11.1. The van der Waals surface area contributed by atoms with E-state index < -0.39 is 5.97 Å². The Morgan fingerprint density at radius 3 is 2.53 bits per heavy atom. The number of carboxylic acids is 1. The first kappa shape index (κ1) is 11.9. The van der Waals surface area contributed by atoms with Crippen molar-refractivity contribution >= 4 is 21.9 Å². The quantitative estimate of drug-likeness (QED) is 0.903. The van der Waals surface area contributed by atoms with Gasteiger partial charge in [0.15, 0.2) is 0 Å². The highest BCUT2D eigenvalue weighted by molar-refractivity contribution is 9.10. The van der Waals surface area contributed by atoms with Gasteiger partial charge in [0.05, 0.1) is 5.56 Å². The third-order valence-electron chi connectivity index (χ3n) is 2.70. The van der Waals surface area contributed by atoms with Crippen LogP contribution in [0.3, 0.4) is 0 Å². The first-order valence-electron chi connectivity index (χ1n) is 5.18. The smallest absolute Gasteiger partial charge is 0.335 e. The summed E-state index contributed by atoms with van der Waals surface area (Å²) >= 11 is 3.42. The Morgan fingerprint density at radius 2 is 1.88 bits per heavy atom. The van der Waals surface area contributed by atoms with Crippen LogP contribution in [0, 0.1) is 6.92 Å². The number of benzene rings is 2. The molecule has 0 spiro atoms. The molecule has 2 nitrogen and oxygen atoms in total. The highest BCUT2D eigenvalue weighted by Crippen LogP contribution is 2.27. The van der Waals surface area contributed by atoms with Gasteiger partial charge in [-0.05, 0) is 41.8 Å². The molecular weight excluding hydrogens is 280 g/mol. The molecule has 0 aromatic heterocycles. The summed E-state index contributed by atoms with van der Waals surface area (Å²) in [6.45, 7) is 1.83. The third-order valence-corrected chi connectivity index (χ3v) is 3.19. The number of aromatic carboxylic acids is 1. The van der Waals surface area contributed by atoms with E-state index in [1.807, 2.05) is 37.3 Å². The summed E-state index contributed by atoms with van der Waals surface area (Å²) in [5.41, 5.74) is 3.10. The Morgan fingerprint density at radius 1 is 1.18 bits per heavy atom. The first-order valence-corrected chi connectivity index (χ1v) is 5.98. The molecule has 17 heavy (non-hydrogen) atoms. The molecule has 2 rings (SSSR count). The lowest BCUT2D eigenvalue weighted by atomic mass is 9.96. The molecule has 0 fully saturated rings. The second-order valence-corrected chi connectivity index (χ2v) is 4.71. The van der Waals surface area contributed by atoms with Gasteiger partial charge in [-0.2, -0.15) is 0 Å². The van der Waals surface area contributed by atoms with Crippen LogP contribution in [0.2, 0.25) is 0 Å². The Bertz CT molecular complexity index is 576. The van der Waals surface area contributed by atoms with Crippen LogP contribution in [-0.4, -0.2) is 11.1 Å². The molecular formula is C14H11BrO2. The topological polar surface area (TPSA) is 37.3 Å². The number of halogens is 1. The zero-order chi connectivity index (χ0) is 12.4. The van der Waals surface area contributed by atoms with Crippen molar-refractivity contribution < 1.29 is 9.90 Å². The fourth-order valence-electron chi connectivity index (χ4n) is 1.84. The van der Waals surface area contributed by atoms with E-state index in [9.17, 15) is 4.79 Å². The maximum atomic E-state index is 11.1. The fraction of sp³-hybridized carbons (Fsp3) is 0.0714. The molecule has 0 heterocycles. The molecule has 0 aliphatic heterocycles. The monoisotopic (exact) mass is 290 g/mol. The lowest BCUT2D eigenvalue weighted by Gasteiger charge is -2.09. The molecule has 0 aliphatic carbocycles. The molecule has 0 amide bonds. The molecule has 2 aromatic rings. The minimum Gasteiger partial charge on any atom is -0.478 e. The third kappa shape index (κ3) is 2.39. The van der Waals surface area contributed by atoms with Crippen LogP contribution in [-0.2, 0) is 0 Å². The molecule has 3 heteroatoms. The highest BCUT2D eigenvalue weighted by atomic mass is 79.9. The van der Waals surface area contributed by atoms with Crippen LogP contribution in [0.1, 0.15) is 15.9 Å². The molecule has 2 aromatic carbocycles. The van der Waals surface area contributed by atoms with Gasteiger partial charge in [0, 0.05) is 4.47 Å². The summed E-state index contributed by atoms with van der Waals surface area (Å²) in [6, 6.07) is 13.2. The first-order chi connectivity index (χ1) is 8.09. The number of carboxylic acid groups (broad SMARTS) is 1. The molecule has 0 bridgehead atoms. The van der Waals surface area contributed by atoms with Crippen LogP contribution in [0.25, 0.3) is 11.1 Å². The maximum Gasteiger partial charge on any atom is 0.335 e. The van der Waals surface area contributed by atoms with E-state index in [-0.39, 0.29) is 0 Å². The maximum absolute atomic E-state index is 11.1. The second kappa shape index (κ2) is 4.72. The van der Waals surface area contributed by atoms with Gasteiger partial charge >= 0.3 is 5.97 Å². The van der Waals surface area contributed by atoms with E-state index in [2.05, 4.69) is 15.9 Å². The van der Waals surface area contributed by atoms with Crippen LogP contribution in [0.4, 0.5) is 0 Å². The van der Waals surface area contributed by atoms with Crippen molar-refractivity contribution in [2.24, 2.45) is 0 Å². The predicted octanol–water partition coefficient (Wildman–Crippen LogP) is 4.12. The lowest BCUT2D eigenvalue weighted by Crippen LogP contribution is -2.00. The summed E-state index contributed by atoms with van der Waals surface area (Å²) in [6.07, 6.45) is 0. The molecule has 86 valence electrons. The summed E-state index contributed by atoms with van der Waals surface area (Å²) < 4.78 is 0.982. The summed E-state index contributed by atoms with van der Waals surface area (Å²) in [5.74, 6) is -0.889. The minimum atomic E-state index is -0.889. The Kier molecular flexibility index (Phi) is 3.29. The van der Waals surface area contributed by atoms with E-state index in [1.54, 1.807) is 12.1 Å². The lowest BCUT2D eigenvalue weighted by molar-refractivity contribution is 0.0696. The van der Waals surface area contributed by atoms with Gasteiger partial charge in [-0.25, -0.2) is 4.79 Å². The van der Waals surface area contributed by atoms with E-state index in [4.69, 9.17) is 5.11 Å². The van der Waals surface area contributed by atoms with E-state index in [0.29, 0.717) is 5.56 Å². The van der Waals surface area contributed by atoms with Gasteiger partial charge in [-0.3, -0.25) is 0 Å². The molecule has 0 atom stereocenters. The van der Waals surface area contributed by atoms with Gasteiger partial charge in [0.2, 0.25) is 0 Å². The summed E-state index contributed by atoms with van der Waals surface area (Å²) in [7, 11) is 0. The normalized spacial score (nSPS) is 10.2. The van der Waals surface area contributed by atoms with Crippen molar-refractivity contribution in [2.75, 3.05) is 0 Å². The van der Waals surface area contributed by atoms with Gasteiger partial charge in [-0.15, -0.1) is 0 Å². The second-order valence-electron chi connectivity index (χ2n) is 3.79. The molecule has 1 N–H and O–H groups in total. The number of rotatable bonds is 2. The van der Waals surface area contributed by atoms with Gasteiger partial charge < -0.3 is 5.11 Å². The van der Waals surface area contributed by atoms with Crippen molar-refractivity contribution in [3.63, 3.8) is 0 Å². The highest BCUT2D eigenvalue weighted by Gasteiger charge is 2.11. The van der Waals surface area contributed by atoms with Crippen LogP contribution >= 0.6 is 15.9 Å². The average Bonchev–Trinajstić information content (AvgIpc) is 2.29. The van der Waals surface area contributed by atoms with E-state index in [1.165, 1.54) is 0 Å². The molecule has 0 aliphatic rings. The molecule has 0 saturated heterocycles. The van der Waals surface area contributed by atoms with Crippen molar-refractivity contribution in [1.29, 1.82) is 0 Å². The van der Waals surface area contributed by atoms with Crippen LogP contribution in [0.5, 0.6) is 0 Å². The number of hydrogen-bond acceptors (Lipinski definition) is 1. The number of hydrogen-bond donors (Lipinski definition) is 1. The zero-order valence-electron chi connectivity index (χ0n) is 9.27. The van der Waals surface area contributed by atoms with Gasteiger partial charge in [-0.1, -0.05) is 40.2 Å². The van der Waals surface area contributed by atoms with Crippen LogP contribution < -0.4 is 0 Å². The number of carbonyl (C=O) groups is 1.